The van der Waals surface area contributed by atoms with Gasteiger partial charge in [-0.2, -0.15) is 5.26 Å². The largest absolute Gasteiger partial charge is 0.330 e. The molecule has 5 heteroatoms. The first kappa shape index (κ1) is 15.3. The van der Waals surface area contributed by atoms with Crippen molar-refractivity contribution in [3.63, 3.8) is 0 Å². The first-order chi connectivity index (χ1) is 11.7. The number of benzene rings is 1. The van der Waals surface area contributed by atoms with Crippen molar-refractivity contribution in [2.24, 2.45) is 0 Å². The number of aromatic nitrogens is 2. The Morgan fingerprint density at radius 1 is 1.29 bits per heavy atom. The monoisotopic (exact) mass is 324 g/mol. The van der Waals surface area contributed by atoms with E-state index < -0.39 is 5.82 Å². The van der Waals surface area contributed by atoms with E-state index in [1.54, 1.807) is 12.1 Å². The Bertz CT molecular complexity index is 789. The minimum absolute atomic E-state index is 0.131. The van der Waals surface area contributed by atoms with Gasteiger partial charge in [0.1, 0.15) is 11.9 Å². The predicted octanol–water partition coefficient (Wildman–Crippen LogP) is 3.22. The quantitative estimate of drug-likeness (QED) is 0.871. The van der Waals surface area contributed by atoms with E-state index in [4.69, 9.17) is 5.26 Å². The molecule has 0 spiro atoms. The van der Waals surface area contributed by atoms with Crippen LogP contribution in [0.15, 0.2) is 24.5 Å². The molecule has 0 amide bonds. The lowest BCUT2D eigenvalue weighted by molar-refractivity contribution is 0.314. The van der Waals surface area contributed by atoms with Gasteiger partial charge < -0.3 is 4.57 Å². The Kier molecular flexibility index (Phi) is 4.07. The number of hydrogen-bond acceptors (Lipinski definition) is 3. The van der Waals surface area contributed by atoms with Gasteiger partial charge in [-0.15, -0.1) is 0 Å². The molecule has 0 bridgehead atoms. The summed E-state index contributed by atoms with van der Waals surface area (Å²) in [6.45, 7) is 2.78. The average molecular weight is 324 g/mol. The van der Waals surface area contributed by atoms with Crippen molar-refractivity contribution in [3.8, 4) is 6.07 Å². The van der Waals surface area contributed by atoms with Gasteiger partial charge in [-0.25, -0.2) is 9.37 Å². The highest BCUT2D eigenvalue weighted by Crippen LogP contribution is 2.29. The number of fused-ring (bicyclic) bond motifs is 1. The third-order valence-corrected chi connectivity index (χ3v) is 5.26. The Morgan fingerprint density at radius 2 is 2.17 bits per heavy atom. The number of rotatable bonds is 3. The van der Waals surface area contributed by atoms with E-state index in [0.29, 0.717) is 6.04 Å². The smallest absolute Gasteiger partial charge is 0.140 e. The highest BCUT2D eigenvalue weighted by Gasteiger charge is 2.27. The summed E-state index contributed by atoms with van der Waals surface area (Å²) in [4.78, 5) is 6.99. The topological polar surface area (TPSA) is 44.9 Å². The van der Waals surface area contributed by atoms with Crippen molar-refractivity contribution in [1.29, 1.82) is 5.26 Å². The van der Waals surface area contributed by atoms with Crippen LogP contribution in [0, 0.1) is 17.1 Å². The van der Waals surface area contributed by atoms with Gasteiger partial charge in [0.15, 0.2) is 0 Å². The Balaban J connectivity index is 1.45. The van der Waals surface area contributed by atoms with Crippen molar-refractivity contribution in [3.05, 3.63) is 52.9 Å². The molecule has 2 aliphatic rings. The van der Waals surface area contributed by atoms with Crippen LogP contribution in [0.5, 0.6) is 0 Å². The van der Waals surface area contributed by atoms with Crippen molar-refractivity contribution in [2.45, 2.75) is 44.7 Å². The first-order valence-electron chi connectivity index (χ1n) is 8.70. The van der Waals surface area contributed by atoms with Crippen LogP contribution in [-0.2, 0) is 19.4 Å². The maximum absolute atomic E-state index is 13.4. The third-order valence-electron chi connectivity index (χ3n) is 5.26. The SMILES string of the molecule is N#Cc1cc(CN2CC[C@H](n3cnc4c3CCCC4)C2)ccc1F. The zero-order valence-corrected chi connectivity index (χ0v) is 13.7. The molecule has 0 radical (unpaired) electrons. The molecule has 124 valence electrons. The molecular weight excluding hydrogens is 303 g/mol. The molecule has 1 aliphatic carbocycles. The van der Waals surface area contributed by atoms with Gasteiger partial charge in [-0.3, -0.25) is 4.90 Å². The molecule has 0 saturated carbocycles. The van der Waals surface area contributed by atoms with Gasteiger partial charge in [0.2, 0.25) is 0 Å². The average Bonchev–Trinajstić information content (AvgIpc) is 3.23. The molecular formula is C19H21FN4. The molecule has 2 aromatic rings. The van der Waals surface area contributed by atoms with E-state index in [-0.39, 0.29) is 5.56 Å². The third kappa shape index (κ3) is 2.83. The van der Waals surface area contributed by atoms with E-state index in [2.05, 4.69) is 14.5 Å². The number of halogens is 1. The summed E-state index contributed by atoms with van der Waals surface area (Å²) in [7, 11) is 0. The van der Waals surface area contributed by atoms with Crippen molar-refractivity contribution < 1.29 is 4.39 Å². The number of aryl methyl sites for hydroxylation is 1. The molecule has 1 aliphatic heterocycles. The van der Waals surface area contributed by atoms with Crippen LogP contribution < -0.4 is 0 Å². The van der Waals surface area contributed by atoms with Crippen LogP contribution in [-0.4, -0.2) is 27.5 Å². The van der Waals surface area contributed by atoms with E-state index in [1.807, 2.05) is 12.4 Å². The second kappa shape index (κ2) is 6.37. The highest BCUT2D eigenvalue weighted by molar-refractivity contribution is 5.34. The zero-order chi connectivity index (χ0) is 16.5. The summed E-state index contributed by atoms with van der Waals surface area (Å²) in [5.41, 5.74) is 3.85. The maximum atomic E-state index is 13.4. The molecule has 4 nitrogen and oxygen atoms in total. The molecule has 2 heterocycles. The fraction of sp³-hybridized carbons (Fsp3) is 0.474. The van der Waals surface area contributed by atoms with Crippen LogP contribution >= 0.6 is 0 Å². The maximum Gasteiger partial charge on any atom is 0.140 e. The fourth-order valence-electron chi connectivity index (χ4n) is 4.00. The van der Waals surface area contributed by atoms with Gasteiger partial charge in [0.25, 0.3) is 0 Å². The minimum atomic E-state index is -0.439. The summed E-state index contributed by atoms with van der Waals surface area (Å²) in [6, 6.07) is 7.25. The van der Waals surface area contributed by atoms with Crippen molar-refractivity contribution in [2.75, 3.05) is 13.1 Å². The lowest BCUT2D eigenvalue weighted by Gasteiger charge is -2.20. The minimum Gasteiger partial charge on any atom is -0.330 e. The summed E-state index contributed by atoms with van der Waals surface area (Å²) in [5, 5.41) is 8.97. The van der Waals surface area contributed by atoms with Gasteiger partial charge in [0, 0.05) is 31.4 Å². The summed E-state index contributed by atoms with van der Waals surface area (Å²) < 4.78 is 15.8. The number of hydrogen-bond donors (Lipinski definition) is 0. The zero-order valence-electron chi connectivity index (χ0n) is 13.7. The van der Waals surface area contributed by atoms with Gasteiger partial charge >= 0.3 is 0 Å². The first-order valence-corrected chi connectivity index (χ1v) is 8.70. The molecule has 1 saturated heterocycles. The van der Waals surface area contributed by atoms with Gasteiger partial charge in [-0.05, 0) is 49.8 Å². The van der Waals surface area contributed by atoms with E-state index in [1.165, 1.54) is 30.3 Å². The summed E-state index contributed by atoms with van der Waals surface area (Å²) >= 11 is 0. The van der Waals surface area contributed by atoms with Crippen LogP contribution in [0.1, 0.15) is 47.8 Å². The lowest BCUT2D eigenvalue weighted by Crippen LogP contribution is -2.22. The second-order valence-electron chi connectivity index (χ2n) is 6.86. The summed E-state index contributed by atoms with van der Waals surface area (Å²) in [5.74, 6) is -0.439. The molecule has 0 N–H and O–H groups in total. The fourth-order valence-corrected chi connectivity index (χ4v) is 4.00. The molecule has 1 aromatic carbocycles. The molecule has 1 aromatic heterocycles. The number of nitrogens with zero attached hydrogens (tertiary/aromatic N) is 4. The molecule has 1 atom stereocenters. The molecule has 0 unspecified atom stereocenters. The van der Waals surface area contributed by atoms with Crippen LogP contribution in [0.4, 0.5) is 4.39 Å². The van der Waals surface area contributed by atoms with Crippen molar-refractivity contribution >= 4 is 0 Å². The number of nitriles is 1. The number of likely N-dealkylation sites (tertiary alicyclic amines) is 1. The molecule has 4 rings (SSSR count). The predicted molar refractivity (Wildman–Crippen MR) is 88.9 cm³/mol. The summed E-state index contributed by atoms with van der Waals surface area (Å²) in [6.07, 6.45) is 7.93. The highest BCUT2D eigenvalue weighted by atomic mass is 19.1. The van der Waals surface area contributed by atoms with Crippen molar-refractivity contribution in [1.82, 2.24) is 14.5 Å². The van der Waals surface area contributed by atoms with E-state index >= 15 is 0 Å². The standard InChI is InChI=1S/C19H21FN4/c20-17-6-5-14(9-15(17)10-21)11-23-8-7-16(12-23)24-13-22-18-3-1-2-4-19(18)24/h5-6,9,13,16H,1-4,7-8,11-12H2/t16-/m0/s1. The van der Waals surface area contributed by atoms with Crippen LogP contribution in [0.3, 0.4) is 0 Å². The lowest BCUT2D eigenvalue weighted by atomic mass is 10.0. The Labute approximate surface area is 141 Å². The van der Waals surface area contributed by atoms with E-state index in [9.17, 15) is 4.39 Å². The van der Waals surface area contributed by atoms with E-state index in [0.717, 1.165) is 44.5 Å². The number of imidazole rings is 1. The van der Waals surface area contributed by atoms with Crippen LogP contribution in [0.2, 0.25) is 0 Å². The van der Waals surface area contributed by atoms with Gasteiger partial charge in [0.05, 0.1) is 17.6 Å². The Morgan fingerprint density at radius 3 is 3.04 bits per heavy atom. The van der Waals surface area contributed by atoms with Crippen LogP contribution in [0.25, 0.3) is 0 Å². The molecule has 24 heavy (non-hydrogen) atoms. The van der Waals surface area contributed by atoms with Gasteiger partial charge in [-0.1, -0.05) is 6.07 Å². The molecule has 1 fully saturated rings. The second-order valence-corrected chi connectivity index (χ2v) is 6.86. The Hall–Kier alpha value is -2.19. The normalized spacial score (nSPS) is 20.8.